The minimum Gasteiger partial charge on any atom is -0.478 e. The maximum absolute atomic E-state index is 12.6. The number of nitrogens with zero attached hydrogens (tertiary/aromatic N) is 1. The normalized spacial score (nSPS) is 16.1. The highest BCUT2D eigenvalue weighted by molar-refractivity contribution is 5.93. The number of halogens is 3. The van der Waals surface area contributed by atoms with Crippen molar-refractivity contribution in [2.24, 2.45) is 0 Å². The Labute approximate surface area is 106 Å². The Bertz CT molecular complexity index is 538. The van der Waals surface area contributed by atoms with Crippen LogP contribution in [-0.4, -0.2) is 29.3 Å². The molecule has 2 heterocycles. The predicted octanol–water partition coefficient (Wildman–Crippen LogP) is 2.60. The number of carboxylic acid groups (broad SMARTS) is 1. The maximum Gasteiger partial charge on any atom is 0.433 e. The van der Waals surface area contributed by atoms with Crippen LogP contribution in [0.4, 0.5) is 13.2 Å². The van der Waals surface area contributed by atoms with Crippen molar-refractivity contribution >= 4 is 11.5 Å². The Kier molecular flexibility index (Phi) is 3.57. The highest BCUT2D eigenvalue weighted by atomic mass is 19.4. The summed E-state index contributed by atoms with van der Waals surface area (Å²) < 4.78 is 42.9. The number of aromatic carboxylic acids is 1. The molecule has 1 N–H and O–H groups in total. The standard InChI is InChI=1S/C12H10F3NO3/c13-12(14,15)9-2-1-8(11(17)18)10(16-9)7-3-5-19-6-4-7/h1-3H,4-6H2,(H,17,18). The highest BCUT2D eigenvalue weighted by Crippen LogP contribution is 2.31. The second-order valence-electron chi connectivity index (χ2n) is 3.95. The lowest BCUT2D eigenvalue weighted by Crippen LogP contribution is -2.15. The van der Waals surface area contributed by atoms with Gasteiger partial charge in [0.05, 0.1) is 24.5 Å². The number of carbonyl (C=O) groups is 1. The van der Waals surface area contributed by atoms with Crippen LogP contribution in [0, 0.1) is 0 Å². The molecule has 1 aromatic rings. The van der Waals surface area contributed by atoms with Crippen molar-refractivity contribution in [2.45, 2.75) is 12.6 Å². The molecule has 0 unspecified atom stereocenters. The van der Waals surface area contributed by atoms with Crippen LogP contribution < -0.4 is 0 Å². The van der Waals surface area contributed by atoms with E-state index < -0.39 is 17.8 Å². The molecule has 0 amide bonds. The van der Waals surface area contributed by atoms with E-state index in [0.29, 0.717) is 24.7 Å². The van der Waals surface area contributed by atoms with Crippen molar-refractivity contribution in [1.82, 2.24) is 4.98 Å². The molecule has 0 saturated carbocycles. The van der Waals surface area contributed by atoms with Gasteiger partial charge < -0.3 is 9.84 Å². The Hall–Kier alpha value is -1.89. The Morgan fingerprint density at radius 3 is 2.63 bits per heavy atom. The zero-order chi connectivity index (χ0) is 14.0. The van der Waals surface area contributed by atoms with E-state index in [0.717, 1.165) is 6.07 Å². The van der Waals surface area contributed by atoms with Gasteiger partial charge in [0.1, 0.15) is 5.69 Å². The molecule has 4 nitrogen and oxygen atoms in total. The second kappa shape index (κ2) is 5.00. The average molecular weight is 273 g/mol. The smallest absolute Gasteiger partial charge is 0.433 e. The Morgan fingerprint density at radius 2 is 2.11 bits per heavy atom. The van der Waals surface area contributed by atoms with Crippen molar-refractivity contribution in [1.29, 1.82) is 0 Å². The van der Waals surface area contributed by atoms with E-state index in [1.807, 2.05) is 0 Å². The van der Waals surface area contributed by atoms with Crippen LogP contribution in [0.15, 0.2) is 18.2 Å². The second-order valence-corrected chi connectivity index (χ2v) is 3.95. The van der Waals surface area contributed by atoms with Gasteiger partial charge in [0.2, 0.25) is 0 Å². The molecule has 0 spiro atoms. The van der Waals surface area contributed by atoms with Crippen molar-refractivity contribution < 1.29 is 27.8 Å². The largest absolute Gasteiger partial charge is 0.478 e. The van der Waals surface area contributed by atoms with Gasteiger partial charge in [-0.15, -0.1) is 0 Å². The van der Waals surface area contributed by atoms with E-state index in [1.54, 1.807) is 6.08 Å². The van der Waals surface area contributed by atoms with Crippen LogP contribution in [0.2, 0.25) is 0 Å². The summed E-state index contributed by atoms with van der Waals surface area (Å²) in [5.41, 5.74) is -0.999. The molecule has 0 radical (unpaired) electrons. The number of rotatable bonds is 2. The number of hydrogen-bond donors (Lipinski definition) is 1. The molecule has 102 valence electrons. The first-order valence-corrected chi connectivity index (χ1v) is 5.48. The summed E-state index contributed by atoms with van der Waals surface area (Å²) in [6.45, 7) is 0.579. The lowest BCUT2D eigenvalue weighted by atomic mass is 10.0. The zero-order valence-electron chi connectivity index (χ0n) is 9.70. The Morgan fingerprint density at radius 1 is 1.37 bits per heavy atom. The molecule has 19 heavy (non-hydrogen) atoms. The quantitative estimate of drug-likeness (QED) is 0.899. The summed E-state index contributed by atoms with van der Waals surface area (Å²) in [7, 11) is 0. The molecule has 0 aromatic carbocycles. The van der Waals surface area contributed by atoms with Crippen molar-refractivity contribution in [3.05, 3.63) is 35.2 Å². The van der Waals surface area contributed by atoms with Crippen molar-refractivity contribution in [3.8, 4) is 0 Å². The number of alkyl halides is 3. The van der Waals surface area contributed by atoms with Gasteiger partial charge in [0.25, 0.3) is 0 Å². The lowest BCUT2D eigenvalue weighted by molar-refractivity contribution is -0.141. The van der Waals surface area contributed by atoms with Crippen LogP contribution in [0.25, 0.3) is 5.57 Å². The molecule has 0 atom stereocenters. The third-order valence-electron chi connectivity index (χ3n) is 2.68. The molecule has 1 aliphatic heterocycles. The number of aromatic nitrogens is 1. The minimum atomic E-state index is -4.60. The molecule has 0 saturated heterocycles. The lowest BCUT2D eigenvalue weighted by Gasteiger charge is -2.16. The number of carboxylic acids is 1. The molecule has 0 bridgehead atoms. The van der Waals surface area contributed by atoms with Crippen molar-refractivity contribution in [3.63, 3.8) is 0 Å². The minimum absolute atomic E-state index is 0.134. The van der Waals surface area contributed by atoms with E-state index >= 15 is 0 Å². The predicted molar refractivity (Wildman–Crippen MR) is 59.6 cm³/mol. The average Bonchev–Trinajstić information content (AvgIpc) is 2.38. The molecule has 1 aromatic heterocycles. The van der Waals surface area contributed by atoms with Crippen LogP contribution >= 0.6 is 0 Å². The molecular weight excluding hydrogens is 263 g/mol. The molecule has 2 rings (SSSR count). The monoisotopic (exact) mass is 273 g/mol. The van der Waals surface area contributed by atoms with Gasteiger partial charge in [0, 0.05) is 0 Å². The van der Waals surface area contributed by atoms with E-state index in [4.69, 9.17) is 9.84 Å². The fourth-order valence-electron chi connectivity index (χ4n) is 1.78. The van der Waals surface area contributed by atoms with Crippen LogP contribution in [0.1, 0.15) is 28.2 Å². The third kappa shape index (κ3) is 2.93. The van der Waals surface area contributed by atoms with E-state index in [2.05, 4.69) is 4.98 Å². The number of pyridine rings is 1. The van der Waals surface area contributed by atoms with Gasteiger partial charge in [-0.2, -0.15) is 13.2 Å². The Balaban J connectivity index is 2.54. The SMILES string of the molecule is O=C(O)c1ccc(C(F)(F)F)nc1C1=CCOCC1. The zero-order valence-corrected chi connectivity index (χ0v) is 9.70. The third-order valence-corrected chi connectivity index (χ3v) is 2.68. The van der Waals surface area contributed by atoms with Gasteiger partial charge >= 0.3 is 12.1 Å². The first-order valence-electron chi connectivity index (χ1n) is 5.48. The summed E-state index contributed by atoms with van der Waals surface area (Å²) in [5.74, 6) is -1.30. The molecule has 7 heteroatoms. The van der Waals surface area contributed by atoms with E-state index in [-0.39, 0.29) is 17.9 Å². The van der Waals surface area contributed by atoms with E-state index in [9.17, 15) is 18.0 Å². The van der Waals surface area contributed by atoms with Gasteiger partial charge in [-0.05, 0) is 24.1 Å². The summed E-state index contributed by atoms with van der Waals surface area (Å²) in [6.07, 6.45) is -2.70. The number of ether oxygens (including phenoxy) is 1. The highest BCUT2D eigenvalue weighted by Gasteiger charge is 2.34. The fourth-order valence-corrected chi connectivity index (χ4v) is 1.78. The topological polar surface area (TPSA) is 59.4 Å². The van der Waals surface area contributed by atoms with Gasteiger partial charge in [-0.1, -0.05) is 6.08 Å². The van der Waals surface area contributed by atoms with Crippen molar-refractivity contribution in [2.75, 3.05) is 13.2 Å². The summed E-state index contributed by atoms with van der Waals surface area (Å²) in [5, 5.41) is 9.01. The van der Waals surface area contributed by atoms with E-state index in [1.165, 1.54) is 0 Å². The molecule has 1 aliphatic rings. The van der Waals surface area contributed by atoms with Gasteiger partial charge in [0.15, 0.2) is 0 Å². The maximum atomic E-state index is 12.6. The fraction of sp³-hybridized carbons (Fsp3) is 0.333. The van der Waals surface area contributed by atoms with Gasteiger partial charge in [-0.25, -0.2) is 9.78 Å². The molecule has 0 fully saturated rings. The van der Waals surface area contributed by atoms with Crippen LogP contribution in [-0.2, 0) is 10.9 Å². The summed E-state index contributed by atoms with van der Waals surface area (Å²) in [6, 6.07) is 1.61. The molecule has 0 aliphatic carbocycles. The van der Waals surface area contributed by atoms with Gasteiger partial charge in [-0.3, -0.25) is 0 Å². The first kappa shape index (κ1) is 13.5. The molecular formula is C12H10F3NO3. The van der Waals surface area contributed by atoms with Crippen LogP contribution in [0.3, 0.4) is 0 Å². The first-order chi connectivity index (χ1) is 8.89. The number of hydrogen-bond acceptors (Lipinski definition) is 3. The summed E-state index contributed by atoms with van der Waals surface area (Å²) >= 11 is 0. The van der Waals surface area contributed by atoms with Crippen LogP contribution in [0.5, 0.6) is 0 Å². The summed E-state index contributed by atoms with van der Waals surface area (Å²) in [4.78, 5) is 14.5.